The molecule has 11 heteroatoms. The lowest BCUT2D eigenvalue weighted by atomic mass is 10.1. The normalized spacial score (nSPS) is 18.9. The fourth-order valence-electron chi connectivity index (χ4n) is 2.45. The summed E-state index contributed by atoms with van der Waals surface area (Å²) in [5.74, 6) is -1.65. The lowest BCUT2D eigenvalue weighted by Crippen LogP contribution is -2.36. The smallest absolute Gasteiger partial charge is 0.319 e. The third-order valence-electron chi connectivity index (χ3n) is 3.87. The van der Waals surface area contributed by atoms with Crippen molar-refractivity contribution in [2.45, 2.75) is 12.8 Å². The Morgan fingerprint density at radius 2 is 1.32 bits per heavy atom. The molecule has 0 aromatic carbocycles. The predicted octanol–water partition coefficient (Wildman–Crippen LogP) is -0.652. The first kappa shape index (κ1) is 19.5. The van der Waals surface area contributed by atoms with Crippen molar-refractivity contribution in [1.29, 1.82) is 0 Å². The van der Waals surface area contributed by atoms with Crippen molar-refractivity contribution in [3.05, 3.63) is 59.6 Å². The van der Waals surface area contributed by atoms with Crippen LogP contribution in [0.1, 0.15) is 12.8 Å². The fourth-order valence-corrected chi connectivity index (χ4v) is 3.25. The highest BCUT2D eigenvalue weighted by Gasteiger charge is 2.23. The number of carbonyl (C=O) groups excluding carboxylic acids is 2. The molecule has 2 aliphatic carbocycles. The van der Waals surface area contributed by atoms with Crippen molar-refractivity contribution in [3.63, 3.8) is 0 Å². The number of amidine groups is 1. The van der Waals surface area contributed by atoms with Crippen LogP contribution in [0.15, 0.2) is 64.6 Å². The molecule has 1 amide bonds. The van der Waals surface area contributed by atoms with E-state index < -0.39 is 32.3 Å². The molecule has 3 rings (SSSR count). The summed E-state index contributed by atoms with van der Waals surface area (Å²) in [6, 6.07) is 0. The molecule has 9 nitrogen and oxygen atoms in total. The number of hydrogen-bond acceptors (Lipinski definition) is 8. The van der Waals surface area contributed by atoms with Crippen LogP contribution in [-0.2, 0) is 30.2 Å². The molecule has 0 aromatic heterocycles. The van der Waals surface area contributed by atoms with E-state index in [1.807, 2.05) is 0 Å². The van der Waals surface area contributed by atoms with Gasteiger partial charge in [-0.25, -0.2) is 0 Å². The number of rotatable bonds is 3. The molecule has 0 bridgehead atoms. The van der Waals surface area contributed by atoms with Crippen LogP contribution in [0, 0.1) is 0 Å². The Morgan fingerprint density at radius 1 is 0.786 bits per heavy atom. The van der Waals surface area contributed by atoms with E-state index in [0.717, 1.165) is 6.08 Å². The third-order valence-corrected chi connectivity index (χ3v) is 5.33. The van der Waals surface area contributed by atoms with E-state index in [4.69, 9.17) is 0 Å². The van der Waals surface area contributed by atoms with E-state index in [0.29, 0.717) is 11.4 Å². The summed E-state index contributed by atoms with van der Waals surface area (Å²) >= 11 is 0. The highest BCUT2D eigenvalue weighted by atomic mass is 32.2. The van der Waals surface area contributed by atoms with Gasteiger partial charge in [-0.15, -0.1) is 0 Å². The number of nitrogens with zero attached hydrogens (tertiary/aromatic N) is 1. The fraction of sp³-hybridized carbons (Fsp3) is 0.118. The number of hydrogen-bond donors (Lipinski definition) is 2. The van der Waals surface area contributed by atoms with Gasteiger partial charge in [0.2, 0.25) is 26.4 Å². The minimum atomic E-state index is -2.31. The molecule has 0 spiro atoms. The van der Waals surface area contributed by atoms with E-state index in [-0.39, 0.29) is 34.1 Å². The summed E-state index contributed by atoms with van der Waals surface area (Å²) in [6.07, 6.45) is 10.6. The molecule has 0 unspecified atom stereocenters. The zero-order valence-corrected chi connectivity index (χ0v) is 15.8. The first-order chi connectivity index (χ1) is 13.3. The average molecular weight is 419 g/mol. The molecule has 0 fully saturated rings. The Hall–Kier alpha value is -3.31. The van der Waals surface area contributed by atoms with E-state index >= 15 is 0 Å². The molecule has 0 saturated carbocycles. The van der Waals surface area contributed by atoms with Gasteiger partial charge in [0.1, 0.15) is 0 Å². The molecule has 0 saturated heterocycles. The summed E-state index contributed by atoms with van der Waals surface area (Å²) in [6.45, 7) is 0. The maximum Gasteiger partial charge on any atom is 0.319 e. The lowest BCUT2D eigenvalue weighted by molar-refractivity contribution is -0.133. The number of ketones is 1. The van der Waals surface area contributed by atoms with Gasteiger partial charge in [0.25, 0.3) is 0 Å². The molecule has 144 valence electrons. The lowest BCUT2D eigenvalue weighted by Gasteiger charge is -2.20. The van der Waals surface area contributed by atoms with Crippen LogP contribution in [0.5, 0.6) is 0 Å². The van der Waals surface area contributed by atoms with E-state index in [9.17, 15) is 26.4 Å². The maximum atomic E-state index is 11.7. The SMILES string of the molecule is O=C1C=C(NC2=CCC(=S(=O)=O)C=C2)C(NC2=CCC(=S(=O)=O)C=C2)=NC1=O. The standard InChI is InChI=1S/C17H13N3O6S2/c21-15-9-14(18-10-1-5-12(6-2-10)27(23)24)16(20-17(15)22)19-11-3-7-13(8-4-11)28(25)26/h1-5,7,9,18H,6,8H2,(H,19,20,22). The largest absolute Gasteiger partial charge is 0.353 e. The van der Waals surface area contributed by atoms with Gasteiger partial charge in [-0.1, -0.05) is 12.2 Å². The second kappa shape index (κ2) is 8.15. The first-order valence-corrected chi connectivity index (χ1v) is 10.1. The second-order valence-corrected chi connectivity index (χ2v) is 7.72. The zero-order valence-electron chi connectivity index (χ0n) is 14.2. The van der Waals surface area contributed by atoms with Crippen LogP contribution >= 0.6 is 0 Å². The second-order valence-electron chi connectivity index (χ2n) is 5.73. The molecule has 28 heavy (non-hydrogen) atoms. The van der Waals surface area contributed by atoms with Gasteiger partial charge in [0, 0.05) is 30.3 Å². The Bertz CT molecular complexity index is 1130. The Labute approximate surface area is 162 Å². The molecule has 0 radical (unpaired) electrons. The highest BCUT2D eigenvalue weighted by Crippen LogP contribution is 2.12. The monoisotopic (exact) mass is 419 g/mol. The van der Waals surface area contributed by atoms with Gasteiger partial charge in [-0.2, -0.15) is 21.8 Å². The zero-order chi connectivity index (χ0) is 20.3. The first-order valence-electron chi connectivity index (χ1n) is 7.93. The molecular weight excluding hydrogens is 406 g/mol. The van der Waals surface area contributed by atoms with Crippen LogP contribution in [0.2, 0.25) is 0 Å². The number of allylic oxidation sites excluding steroid dienone is 6. The number of aliphatic imine (C=N–C) groups is 1. The minimum absolute atomic E-state index is 0.0867. The molecule has 1 heterocycles. The number of carbonyl (C=O) groups is 2. The number of dihydropyridines is 1. The maximum absolute atomic E-state index is 11.7. The molecule has 2 N–H and O–H groups in total. The van der Waals surface area contributed by atoms with Gasteiger partial charge in [-0.3, -0.25) is 9.59 Å². The third kappa shape index (κ3) is 4.50. The van der Waals surface area contributed by atoms with Crippen LogP contribution in [0.4, 0.5) is 0 Å². The Morgan fingerprint density at radius 3 is 1.79 bits per heavy atom. The van der Waals surface area contributed by atoms with E-state index in [1.54, 1.807) is 12.2 Å². The van der Waals surface area contributed by atoms with E-state index in [2.05, 4.69) is 15.6 Å². The van der Waals surface area contributed by atoms with Crippen molar-refractivity contribution in [3.8, 4) is 0 Å². The number of nitrogens with one attached hydrogen (secondary N) is 2. The van der Waals surface area contributed by atoms with Gasteiger partial charge in [-0.05, 0) is 24.3 Å². The summed E-state index contributed by atoms with van der Waals surface area (Å²) in [4.78, 5) is 27.6. The van der Waals surface area contributed by atoms with Crippen LogP contribution < -0.4 is 10.6 Å². The van der Waals surface area contributed by atoms with Crippen LogP contribution in [0.3, 0.4) is 0 Å². The molecular formula is C17H13N3O6S2. The van der Waals surface area contributed by atoms with Crippen LogP contribution in [-0.4, -0.2) is 44.1 Å². The molecule has 1 aliphatic heterocycles. The summed E-state index contributed by atoms with van der Waals surface area (Å²) in [7, 11) is -4.61. The van der Waals surface area contributed by atoms with Gasteiger partial charge < -0.3 is 10.6 Å². The molecule has 0 aromatic rings. The Balaban J connectivity index is 1.80. The van der Waals surface area contributed by atoms with Gasteiger partial charge >= 0.3 is 5.91 Å². The van der Waals surface area contributed by atoms with Crippen molar-refractivity contribution in [2.75, 3.05) is 0 Å². The quantitative estimate of drug-likeness (QED) is 0.454. The van der Waals surface area contributed by atoms with Gasteiger partial charge in [0.15, 0.2) is 5.84 Å². The average Bonchev–Trinajstić information content (AvgIpc) is 2.66. The molecule has 0 atom stereocenters. The summed E-state index contributed by atoms with van der Waals surface area (Å²) in [5.41, 5.74) is 1.26. The topological polar surface area (TPSA) is 139 Å². The van der Waals surface area contributed by atoms with E-state index in [1.165, 1.54) is 24.3 Å². The van der Waals surface area contributed by atoms with Crippen molar-refractivity contribution >= 4 is 47.8 Å². The highest BCUT2D eigenvalue weighted by molar-refractivity contribution is 7.73. The van der Waals surface area contributed by atoms with Gasteiger partial charge in [0.05, 0.1) is 15.4 Å². The molecule has 3 aliphatic rings. The summed E-state index contributed by atoms with van der Waals surface area (Å²) in [5, 5.41) is 5.82. The van der Waals surface area contributed by atoms with Crippen molar-refractivity contribution in [2.24, 2.45) is 4.99 Å². The summed E-state index contributed by atoms with van der Waals surface area (Å²) < 4.78 is 43.8. The van der Waals surface area contributed by atoms with Crippen LogP contribution in [0.25, 0.3) is 0 Å². The predicted molar refractivity (Wildman–Crippen MR) is 103 cm³/mol. The number of amides is 1. The van der Waals surface area contributed by atoms with Crippen molar-refractivity contribution in [1.82, 2.24) is 10.6 Å². The van der Waals surface area contributed by atoms with Crippen molar-refractivity contribution < 1.29 is 26.4 Å². The Kier molecular flexibility index (Phi) is 5.66. The minimum Gasteiger partial charge on any atom is -0.353 e.